The Morgan fingerprint density at radius 3 is 2.13 bits per heavy atom. The molecule has 2 amide bonds. The fourth-order valence-electron chi connectivity index (χ4n) is 3.57. The van der Waals surface area contributed by atoms with Gasteiger partial charge in [-0.1, -0.05) is 19.3 Å². The number of amides is 2. The van der Waals surface area contributed by atoms with E-state index in [-0.39, 0.29) is 28.2 Å². The van der Waals surface area contributed by atoms with E-state index in [0.717, 1.165) is 32.1 Å². The van der Waals surface area contributed by atoms with Crippen LogP contribution in [0, 0.1) is 0 Å². The zero-order valence-corrected chi connectivity index (χ0v) is 18.4. The second kappa shape index (κ2) is 9.93. The number of nitrogens with one attached hydrogen (secondary N) is 3. The van der Waals surface area contributed by atoms with Crippen LogP contribution in [0.25, 0.3) is 0 Å². The van der Waals surface area contributed by atoms with Crippen LogP contribution >= 0.6 is 0 Å². The topological polar surface area (TPSA) is 114 Å². The Morgan fingerprint density at radius 1 is 0.935 bits per heavy atom. The molecule has 0 atom stereocenters. The summed E-state index contributed by atoms with van der Waals surface area (Å²) in [6.07, 6.45) is 4.70. The monoisotopic (exact) mass is 445 g/mol. The van der Waals surface area contributed by atoms with E-state index in [2.05, 4.69) is 15.4 Å². The molecule has 1 fully saturated rings. The van der Waals surface area contributed by atoms with Gasteiger partial charge in [0, 0.05) is 29.9 Å². The summed E-state index contributed by atoms with van der Waals surface area (Å²) in [5, 5.41) is 5.38. The first kappa shape index (κ1) is 22.8. The second-order valence-corrected chi connectivity index (χ2v) is 9.22. The molecule has 2 aromatic carbocycles. The van der Waals surface area contributed by atoms with E-state index in [1.807, 2.05) is 0 Å². The van der Waals surface area contributed by atoms with Crippen LogP contribution in [0.5, 0.6) is 5.75 Å². The highest BCUT2D eigenvalue weighted by Crippen LogP contribution is 2.27. The van der Waals surface area contributed by atoms with Crippen LogP contribution in [0.2, 0.25) is 0 Å². The standard InChI is InChI=1S/C22H27N3O5S/c1-15(26)23-17-9-11-18(12-10-17)24-22(27)16-8-13-20(30-2)21(14-16)31(28,29)25-19-6-4-3-5-7-19/h8-14,19,25H,3-7H2,1-2H3,(H,23,26)(H,24,27). The number of hydrogen-bond acceptors (Lipinski definition) is 5. The minimum Gasteiger partial charge on any atom is -0.495 e. The molecule has 166 valence electrons. The summed E-state index contributed by atoms with van der Waals surface area (Å²) >= 11 is 0. The second-order valence-electron chi connectivity index (χ2n) is 7.53. The van der Waals surface area contributed by atoms with E-state index < -0.39 is 15.9 Å². The molecule has 3 N–H and O–H groups in total. The van der Waals surface area contributed by atoms with Gasteiger partial charge in [-0.15, -0.1) is 0 Å². The molecule has 1 aliphatic carbocycles. The molecule has 3 rings (SSSR count). The van der Waals surface area contributed by atoms with Gasteiger partial charge in [0.1, 0.15) is 10.6 Å². The number of carbonyl (C=O) groups is 2. The first-order valence-electron chi connectivity index (χ1n) is 10.2. The minimum absolute atomic E-state index is 0.0609. The number of benzene rings is 2. The first-order chi connectivity index (χ1) is 14.8. The van der Waals surface area contributed by atoms with E-state index in [0.29, 0.717) is 11.4 Å². The third kappa shape index (κ3) is 6.05. The molecule has 0 spiro atoms. The van der Waals surface area contributed by atoms with Crippen molar-refractivity contribution >= 4 is 33.2 Å². The average Bonchev–Trinajstić information content (AvgIpc) is 2.74. The number of carbonyl (C=O) groups excluding carboxylic acids is 2. The Balaban J connectivity index is 1.78. The molecule has 8 nitrogen and oxygen atoms in total. The van der Waals surface area contributed by atoms with Crippen molar-refractivity contribution in [1.29, 1.82) is 0 Å². The van der Waals surface area contributed by atoms with E-state index in [9.17, 15) is 18.0 Å². The van der Waals surface area contributed by atoms with Crippen LogP contribution in [-0.2, 0) is 14.8 Å². The van der Waals surface area contributed by atoms with Crippen LogP contribution in [0.1, 0.15) is 49.4 Å². The Hall–Kier alpha value is -2.91. The molecule has 0 unspecified atom stereocenters. The lowest BCUT2D eigenvalue weighted by atomic mass is 9.96. The van der Waals surface area contributed by atoms with Crippen LogP contribution in [-0.4, -0.2) is 33.4 Å². The molecule has 1 aliphatic rings. The number of anilines is 2. The summed E-state index contributed by atoms with van der Waals surface area (Å²) in [4.78, 5) is 23.8. The SMILES string of the molecule is COc1ccc(C(=O)Nc2ccc(NC(C)=O)cc2)cc1S(=O)(=O)NC1CCCCC1. The van der Waals surface area contributed by atoms with Crippen LogP contribution in [0.15, 0.2) is 47.4 Å². The van der Waals surface area contributed by atoms with Crippen molar-refractivity contribution in [3.05, 3.63) is 48.0 Å². The number of ether oxygens (including phenoxy) is 1. The average molecular weight is 446 g/mol. The molecule has 0 aliphatic heterocycles. The molecule has 0 heterocycles. The third-order valence-corrected chi connectivity index (χ3v) is 6.65. The van der Waals surface area contributed by atoms with Gasteiger partial charge in [-0.3, -0.25) is 9.59 Å². The summed E-state index contributed by atoms with van der Waals surface area (Å²) in [5.74, 6) is -0.464. The molecule has 31 heavy (non-hydrogen) atoms. The van der Waals surface area contributed by atoms with Crippen molar-refractivity contribution in [2.24, 2.45) is 0 Å². The van der Waals surface area contributed by atoms with Gasteiger partial charge in [0.25, 0.3) is 5.91 Å². The third-order valence-electron chi connectivity index (χ3n) is 5.11. The molecule has 1 saturated carbocycles. The summed E-state index contributed by atoms with van der Waals surface area (Å²) in [6.45, 7) is 1.41. The zero-order chi connectivity index (χ0) is 22.4. The van der Waals surface area contributed by atoms with Gasteiger partial charge in [0.2, 0.25) is 15.9 Å². The van der Waals surface area contributed by atoms with E-state index in [1.165, 1.54) is 32.2 Å². The van der Waals surface area contributed by atoms with Crippen molar-refractivity contribution in [3.8, 4) is 5.75 Å². The maximum atomic E-state index is 13.0. The van der Waals surface area contributed by atoms with Gasteiger partial charge in [-0.25, -0.2) is 13.1 Å². The molecular weight excluding hydrogens is 418 g/mol. The molecular formula is C22H27N3O5S. The van der Waals surface area contributed by atoms with E-state index >= 15 is 0 Å². The van der Waals surface area contributed by atoms with Gasteiger partial charge >= 0.3 is 0 Å². The van der Waals surface area contributed by atoms with Gasteiger partial charge in [-0.2, -0.15) is 0 Å². The van der Waals surface area contributed by atoms with Crippen molar-refractivity contribution in [2.75, 3.05) is 17.7 Å². The number of sulfonamides is 1. The summed E-state index contributed by atoms with van der Waals surface area (Å²) in [7, 11) is -2.45. The Bertz CT molecular complexity index is 1050. The quantitative estimate of drug-likeness (QED) is 0.603. The Morgan fingerprint density at radius 2 is 1.55 bits per heavy atom. The van der Waals surface area contributed by atoms with Crippen molar-refractivity contribution in [2.45, 2.75) is 50.0 Å². The van der Waals surface area contributed by atoms with Gasteiger partial charge in [-0.05, 0) is 55.3 Å². The lowest BCUT2D eigenvalue weighted by molar-refractivity contribution is -0.114. The Labute approximate surface area is 182 Å². The van der Waals surface area contributed by atoms with Crippen molar-refractivity contribution < 1.29 is 22.7 Å². The lowest BCUT2D eigenvalue weighted by Gasteiger charge is -2.23. The molecule has 0 saturated heterocycles. The maximum absolute atomic E-state index is 13.0. The van der Waals surface area contributed by atoms with Crippen molar-refractivity contribution in [1.82, 2.24) is 4.72 Å². The summed E-state index contributed by atoms with van der Waals surface area (Å²) < 4.78 is 33.9. The van der Waals surface area contributed by atoms with Gasteiger partial charge in [0.05, 0.1) is 7.11 Å². The van der Waals surface area contributed by atoms with Gasteiger partial charge in [0.15, 0.2) is 0 Å². The largest absolute Gasteiger partial charge is 0.495 e. The molecule has 9 heteroatoms. The highest BCUT2D eigenvalue weighted by Gasteiger charge is 2.26. The summed E-state index contributed by atoms with van der Waals surface area (Å²) in [5.41, 5.74) is 1.31. The van der Waals surface area contributed by atoms with Crippen LogP contribution in [0.3, 0.4) is 0 Å². The predicted molar refractivity (Wildman–Crippen MR) is 119 cm³/mol. The van der Waals surface area contributed by atoms with Gasteiger partial charge < -0.3 is 15.4 Å². The molecule has 0 aromatic heterocycles. The maximum Gasteiger partial charge on any atom is 0.255 e. The van der Waals surface area contributed by atoms with Crippen molar-refractivity contribution in [3.63, 3.8) is 0 Å². The molecule has 0 radical (unpaired) electrons. The number of methoxy groups -OCH3 is 1. The number of hydrogen-bond donors (Lipinski definition) is 3. The smallest absolute Gasteiger partial charge is 0.255 e. The number of rotatable bonds is 7. The molecule has 0 bridgehead atoms. The fraction of sp³-hybridized carbons (Fsp3) is 0.364. The Kier molecular flexibility index (Phi) is 7.29. The fourth-order valence-corrected chi connectivity index (χ4v) is 5.07. The zero-order valence-electron chi connectivity index (χ0n) is 17.6. The normalized spacial score (nSPS) is 14.6. The summed E-state index contributed by atoms with van der Waals surface area (Å²) in [6, 6.07) is 10.8. The lowest BCUT2D eigenvalue weighted by Crippen LogP contribution is -2.36. The van der Waals surface area contributed by atoms with Crippen LogP contribution in [0.4, 0.5) is 11.4 Å². The predicted octanol–water partition coefficient (Wildman–Crippen LogP) is 3.52. The highest BCUT2D eigenvalue weighted by atomic mass is 32.2. The van der Waals surface area contributed by atoms with E-state index in [4.69, 9.17) is 4.74 Å². The minimum atomic E-state index is -3.84. The molecule has 2 aromatic rings. The van der Waals surface area contributed by atoms with Crippen LogP contribution < -0.4 is 20.1 Å². The van der Waals surface area contributed by atoms with E-state index in [1.54, 1.807) is 24.3 Å². The highest BCUT2D eigenvalue weighted by molar-refractivity contribution is 7.89. The first-order valence-corrected chi connectivity index (χ1v) is 11.7.